The molecule has 1 aromatic carbocycles. The summed E-state index contributed by atoms with van der Waals surface area (Å²) in [6.07, 6.45) is 5.00. The van der Waals surface area contributed by atoms with Crippen molar-refractivity contribution in [2.75, 3.05) is 29.1 Å². The van der Waals surface area contributed by atoms with Crippen molar-refractivity contribution in [2.45, 2.75) is 37.6 Å². The Morgan fingerprint density at radius 3 is 2.58 bits per heavy atom. The van der Waals surface area contributed by atoms with Crippen molar-refractivity contribution < 1.29 is 4.79 Å². The van der Waals surface area contributed by atoms with E-state index >= 15 is 0 Å². The zero-order chi connectivity index (χ0) is 18.4. The van der Waals surface area contributed by atoms with Crippen molar-refractivity contribution in [1.82, 2.24) is 10.2 Å². The monoisotopic (exact) mass is 390 g/mol. The Bertz CT molecular complexity index is 746. The summed E-state index contributed by atoms with van der Waals surface area (Å²) >= 11 is 7.46. The van der Waals surface area contributed by atoms with Crippen LogP contribution in [0, 0.1) is 6.92 Å². The van der Waals surface area contributed by atoms with E-state index in [1.807, 2.05) is 31.2 Å². The summed E-state index contributed by atoms with van der Waals surface area (Å²) in [4.78, 5) is 14.4. The maximum atomic E-state index is 12.1. The minimum atomic E-state index is -0.0895. The summed E-state index contributed by atoms with van der Waals surface area (Å²) in [7, 11) is 0. The van der Waals surface area contributed by atoms with Crippen molar-refractivity contribution in [1.29, 1.82) is 0 Å². The number of nitrogens with one attached hydrogen (secondary N) is 1. The maximum absolute atomic E-state index is 12.1. The normalized spacial score (nSPS) is 14.8. The summed E-state index contributed by atoms with van der Waals surface area (Å²) in [6, 6.07) is 9.43. The molecule has 1 aliphatic heterocycles. The van der Waals surface area contributed by atoms with E-state index in [0.29, 0.717) is 10.7 Å². The third-order valence-electron chi connectivity index (χ3n) is 4.36. The van der Waals surface area contributed by atoms with Gasteiger partial charge >= 0.3 is 0 Å². The lowest BCUT2D eigenvalue weighted by Gasteiger charge is -2.20. The van der Waals surface area contributed by atoms with Crippen LogP contribution in [0.3, 0.4) is 0 Å². The Morgan fingerprint density at radius 2 is 1.92 bits per heavy atom. The van der Waals surface area contributed by atoms with Gasteiger partial charge in [0, 0.05) is 23.8 Å². The topological polar surface area (TPSA) is 58.1 Å². The van der Waals surface area contributed by atoms with Crippen molar-refractivity contribution >= 4 is 40.8 Å². The molecule has 2 heterocycles. The van der Waals surface area contributed by atoms with Gasteiger partial charge < -0.3 is 10.2 Å². The van der Waals surface area contributed by atoms with Crippen LogP contribution in [0.25, 0.3) is 0 Å². The average molecular weight is 391 g/mol. The molecule has 26 heavy (non-hydrogen) atoms. The third-order valence-corrected chi connectivity index (χ3v) is 5.69. The summed E-state index contributed by atoms with van der Waals surface area (Å²) in [5, 5.41) is 12.8. The highest BCUT2D eigenvalue weighted by Crippen LogP contribution is 2.22. The number of hydrogen-bond acceptors (Lipinski definition) is 5. The van der Waals surface area contributed by atoms with Crippen molar-refractivity contribution in [3.63, 3.8) is 0 Å². The molecule has 1 saturated heterocycles. The van der Waals surface area contributed by atoms with Crippen molar-refractivity contribution in [3.05, 3.63) is 40.9 Å². The van der Waals surface area contributed by atoms with Crippen molar-refractivity contribution in [3.8, 4) is 0 Å². The minimum absolute atomic E-state index is 0.0895. The smallest absolute Gasteiger partial charge is 0.234 e. The fourth-order valence-corrected chi connectivity index (χ4v) is 3.66. The summed E-state index contributed by atoms with van der Waals surface area (Å²) in [5.74, 6) is 1.12. The van der Waals surface area contributed by atoms with Crippen LogP contribution in [0.1, 0.15) is 31.2 Å². The first-order valence-corrected chi connectivity index (χ1v) is 10.3. The number of nitrogens with zero attached hydrogens (tertiary/aromatic N) is 3. The van der Waals surface area contributed by atoms with E-state index in [9.17, 15) is 4.79 Å². The van der Waals surface area contributed by atoms with Gasteiger partial charge in [-0.05, 0) is 49.6 Å². The molecule has 1 aromatic heterocycles. The van der Waals surface area contributed by atoms with E-state index in [1.165, 1.54) is 37.4 Å². The lowest BCUT2D eigenvalue weighted by Crippen LogP contribution is -2.25. The van der Waals surface area contributed by atoms with Gasteiger partial charge in [0.1, 0.15) is 5.03 Å². The second kappa shape index (κ2) is 9.24. The highest BCUT2D eigenvalue weighted by molar-refractivity contribution is 7.99. The Kier molecular flexibility index (Phi) is 6.74. The van der Waals surface area contributed by atoms with E-state index in [-0.39, 0.29) is 11.7 Å². The van der Waals surface area contributed by atoms with Crippen LogP contribution in [0.15, 0.2) is 35.4 Å². The number of halogens is 1. The average Bonchev–Trinajstić information content (AvgIpc) is 2.93. The number of carbonyl (C=O) groups excluding carboxylic acids is 1. The molecule has 5 nitrogen and oxygen atoms in total. The van der Waals surface area contributed by atoms with Gasteiger partial charge in [0.15, 0.2) is 5.82 Å². The lowest BCUT2D eigenvalue weighted by atomic mass is 10.2. The number of hydrogen-bond donors (Lipinski definition) is 1. The molecule has 138 valence electrons. The molecule has 0 unspecified atom stereocenters. The molecule has 2 aromatic rings. The molecule has 7 heteroatoms. The number of rotatable bonds is 5. The number of carbonyl (C=O) groups is 1. The molecule has 0 aliphatic carbocycles. The molecule has 0 spiro atoms. The molecule has 3 rings (SSSR count). The summed E-state index contributed by atoms with van der Waals surface area (Å²) < 4.78 is 0. The third kappa shape index (κ3) is 5.35. The lowest BCUT2D eigenvalue weighted by molar-refractivity contribution is -0.113. The number of amides is 1. The van der Waals surface area contributed by atoms with E-state index in [0.717, 1.165) is 29.5 Å². The van der Waals surface area contributed by atoms with E-state index in [2.05, 4.69) is 20.4 Å². The minimum Gasteiger partial charge on any atom is -0.355 e. The first-order valence-electron chi connectivity index (χ1n) is 8.89. The number of aromatic nitrogens is 2. The van der Waals surface area contributed by atoms with E-state index < -0.39 is 0 Å². The van der Waals surface area contributed by atoms with Gasteiger partial charge in [-0.2, -0.15) is 0 Å². The maximum Gasteiger partial charge on any atom is 0.234 e. The van der Waals surface area contributed by atoms with Gasteiger partial charge in [0.2, 0.25) is 5.91 Å². The molecule has 1 aliphatic rings. The molecule has 0 bridgehead atoms. The molecule has 0 radical (unpaired) electrons. The van der Waals surface area contributed by atoms with Gasteiger partial charge in [-0.3, -0.25) is 4.79 Å². The fourth-order valence-electron chi connectivity index (χ4n) is 2.87. The Labute approximate surface area is 163 Å². The fraction of sp³-hybridized carbons (Fsp3) is 0.421. The van der Waals surface area contributed by atoms with Gasteiger partial charge in [0.25, 0.3) is 0 Å². The first-order chi connectivity index (χ1) is 12.6. The Morgan fingerprint density at radius 1 is 1.15 bits per heavy atom. The van der Waals surface area contributed by atoms with Crippen LogP contribution >= 0.6 is 23.4 Å². The van der Waals surface area contributed by atoms with Gasteiger partial charge in [-0.1, -0.05) is 42.3 Å². The van der Waals surface area contributed by atoms with Crippen LogP contribution < -0.4 is 10.2 Å². The predicted octanol–water partition coefficient (Wildman–Crippen LogP) is 4.55. The number of aryl methyl sites for hydroxylation is 1. The van der Waals surface area contributed by atoms with Gasteiger partial charge in [-0.25, -0.2) is 0 Å². The molecular weight excluding hydrogens is 368 g/mol. The van der Waals surface area contributed by atoms with Crippen LogP contribution in [0.2, 0.25) is 5.02 Å². The summed E-state index contributed by atoms with van der Waals surface area (Å²) in [6.45, 7) is 4.02. The largest absolute Gasteiger partial charge is 0.355 e. The highest BCUT2D eigenvalue weighted by Gasteiger charge is 2.12. The highest BCUT2D eigenvalue weighted by atomic mass is 35.5. The SMILES string of the molecule is Cc1ccc(NC(=O)CSc2ccc(N3CCCCCC3)nn2)cc1Cl. The number of benzene rings is 1. The van der Waals surface area contributed by atoms with Gasteiger partial charge in [-0.15, -0.1) is 10.2 Å². The first kappa shape index (κ1) is 19.0. The zero-order valence-electron chi connectivity index (χ0n) is 14.9. The van der Waals surface area contributed by atoms with E-state index in [1.54, 1.807) is 6.07 Å². The van der Waals surface area contributed by atoms with Gasteiger partial charge in [0.05, 0.1) is 5.75 Å². The second-order valence-corrected chi connectivity index (χ2v) is 7.83. The molecule has 1 amide bonds. The second-order valence-electron chi connectivity index (χ2n) is 6.43. The number of anilines is 2. The molecule has 0 atom stereocenters. The number of thioether (sulfide) groups is 1. The molecular formula is C19H23ClN4OS. The standard InChI is InChI=1S/C19H23ClN4OS/c1-14-6-7-15(12-16(14)20)21-18(25)13-26-19-9-8-17(22-23-19)24-10-4-2-3-5-11-24/h6-9,12H,2-5,10-11,13H2,1H3,(H,21,25). The van der Waals surface area contributed by atoms with E-state index in [4.69, 9.17) is 11.6 Å². The van der Waals surface area contributed by atoms with Crippen LogP contribution in [0.5, 0.6) is 0 Å². The summed E-state index contributed by atoms with van der Waals surface area (Å²) in [5.41, 5.74) is 1.69. The van der Waals surface area contributed by atoms with Crippen LogP contribution in [-0.2, 0) is 4.79 Å². The zero-order valence-corrected chi connectivity index (χ0v) is 16.4. The molecule has 1 N–H and O–H groups in total. The Hall–Kier alpha value is -1.79. The van der Waals surface area contributed by atoms with Crippen LogP contribution in [-0.4, -0.2) is 34.9 Å². The van der Waals surface area contributed by atoms with Crippen LogP contribution in [0.4, 0.5) is 11.5 Å². The molecule has 1 fully saturated rings. The predicted molar refractivity (Wildman–Crippen MR) is 108 cm³/mol. The Balaban J connectivity index is 1.50. The molecule has 0 saturated carbocycles. The quantitative estimate of drug-likeness (QED) is 0.759. The van der Waals surface area contributed by atoms with Crippen molar-refractivity contribution in [2.24, 2.45) is 0 Å².